The molecule has 0 aliphatic carbocycles. The molecule has 0 saturated carbocycles. The Morgan fingerprint density at radius 1 is 1.26 bits per heavy atom. The van der Waals surface area contributed by atoms with E-state index in [9.17, 15) is 13.2 Å². The number of hydrogen-bond donors (Lipinski definition) is 1. The Bertz CT molecular complexity index is 710. The normalized spacial score (nSPS) is 17.5. The summed E-state index contributed by atoms with van der Waals surface area (Å²) in [6.07, 6.45) is 4.48. The Balaban J connectivity index is 1.88. The molecule has 1 N–H and O–H groups in total. The maximum atomic E-state index is 12.5. The van der Waals surface area contributed by atoms with E-state index in [2.05, 4.69) is 17.1 Å². The van der Waals surface area contributed by atoms with Gasteiger partial charge in [-0.2, -0.15) is 0 Å². The van der Waals surface area contributed by atoms with Gasteiger partial charge in [0.1, 0.15) is 6.04 Å². The first kappa shape index (κ1) is 21.7. The second-order valence-electron chi connectivity index (χ2n) is 7.74. The van der Waals surface area contributed by atoms with Crippen LogP contribution in [0.1, 0.15) is 38.7 Å². The van der Waals surface area contributed by atoms with E-state index < -0.39 is 16.1 Å². The van der Waals surface area contributed by atoms with Crippen molar-refractivity contribution >= 4 is 21.6 Å². The molecule has 6 nitrogen and oxygen atoms in total. The fraction of sp³-hybridized carbons (Fsp3) is 0.650. The molecule has 0 unspecified atom stereocenters. The Labute approximate surface area is 164 Å². The molecule has 1 aliphatic heterocycles. The Kier molecular flexibility index (Phi) is 7.68. The molecule has 152 valence electrons. The van der Waals surface area contributed by atoms with Crippen molar-refractivity contribution in [1.29, 1.82) is 0 Å². The van der Waals surface area contributed by atoms with Crippen molar-refractivity contribution in [3.05, 3.63) is 29.8 Å². The van der Waals surface area contributed by atoms with E-state index >= 15 is 0 Å². The van der Waals surface area contributed by atoms with Gasteiger partial charge in [0.15, 0.2) is 0 Å². The standard InChI is InChI=1S/C20H33N3O3S/c1-16-6-8-19(9-7-16)23(27(4,25)26)18(3)20(24)21-12-5-13-22-14-10-17(2)11-15-22/h6-9,17-18H,5,10-15H2,1-4H3,(H,21,24)/t18-/m0/s1. The summed E-state index contributed by atoms with van der Waals surface area (Å²) >= 11 is 0. The summed E-state index contributed by atoms with van der Waals surface area (Å²) in [7, 11) is -3.56. The number of nitrogens with zero attached hydrogens (tertiary/aromatic N) is 2. The second kappa shape index (κ2) is 9.55. The molecule has 0 bridgehead atoms. The zero-order chi connectivity index (χ0) is 20.0. The van der Waals surface area contributed by atoms with Crippen molar-refractivity contribution in [2.24, 2.45) is 5.92 Å². The van der Waals surface area contributed by atoms with Crippen LogP contribution in [0.15, 0.2) is 24.3 Å². The van der Waals surface area contributed by atoms with Gasteiger partial charge in [-0.05, 0) is 70.8 Å². The lowest BCUT2D eigenvalue weighted by atomic mass is 9.99. The van der Waals surface area contributed by atoms with Crippen molar-refractivity contribution in [2.45, 2.75) is 46.1 Å². The van der Waals surface area contributed by atoms with Crippen molar-refractivity contribution in [3.8, 4) is 0 Å². The average Bonchev–Trinajstić information content (AvgIpc) is 2.60. The van der Waals surface area contributed by atoms with Crippen LogP contribution in [0.5, 0.6) is 0 Å². The third-order valence-electron chi connectivity index (χ3n) is 5.20. The summed E-state index contributed by atoms with van der Waals surface area (Å²) in [6.45, 7) is 9.63. The quantitative estimate of drug-likeness (QED) is 0.686. The number of piperidine rings is 1. The summed E-state index contributed by atoms with van der Waals surface area (Å²) in [6, 6.07) is 6.36. The summed E-state index contributed by atoms with van der Waals surface area (Å²) in [5.74, 6) is 0.541. The number of likely N-dealkylation sites (tertiary alicyclic amines) is 1. The molecule has 1 aromatic carbocycles. The molecule has 0 spiro atoms. The maximum Gasteiger partial charge on any atom is 0.243 e. The molecule has 1 amide bonds. The maximum absolute atomic E-state index is 12.5. The number of hydrogen-bond acceptors (Lipinski definition) is 4. The van der Waals surface area contributed by atoms with Crippen LogP contribution in [0.3, 0.4) is 0 Å². The molecule has 0 radical (unpaired) electrons. The van der Waals surface area contributed by atoms with Crippen molar-refractivity contribution in [2.75, 3.05) is 36.7 Å². The van der Waals surface area contributed by atoms with Gasteiger partial charge in [0.05, 0.1) is 11.9 Å². The van der Waals surface area contributed by atoms with Crippen LogP contribution in [-0.4, -0.2) is 57.7 Å². The predicted octanol–water partition coefficient (Wildman–Crippen LogP) is 2.39. The van der Waals surface area contributed by atoms with Crippen molar-refractivity contribution in [3.63, 3.8) is 0 Å². The number of benzene rings is 1. The van der Waals surface area contributed by atoms with Crippen LogP contribution in [0.2, 0.25) is 0 Å². The minimum atomic E-state index is -3.56. The van der Waals surface area contributed by atoms with E-state index in [0.29, 0.717) is 12.2 Å². The van der Waals surface area contributed by atoms with Crippen LogP contribution in [0, 0.1) is 12.8 Å². The van der Waals surface area contributed by atoms with E-state index in [1.165, 1.54) is 17.1 Å². The van der Waals surface area contributed by atoms with Gasteiger partial charge in [0.2, 0.25) is 15.9 Å². The zero-order valence-corrected chi connectivity index (χ0v) is 17.8. The number of rotatable bonds is 8. The molecule has 7 heteroatoms. The Morgan fingerprint density at radius 3 is 2.41 bits per heavy atom. The van der Waals surface area contributed by atoms with E-state index in [0.717, 1.165) is 43.8 Å². The molecule has 2 rings (SSSR count). The van der Waals surface area contributed by atoms with Crippen LogP contribution in [0.4, 0.5) is 5.69 Å². The SMILES string of the molecule is Cc1ccc(N([C@@H](C)C(=O)NCCCN2CCC(C)CC2)S(C)(=O)=O)cc1. The highest BCUT2D eigenvalue weighted by atomic mass is 32.2. The molecule has 27 heavy (non-hydrogen) atoms. The van der Waals surface area contributed by atoms with Crippen molar-refractivity contribution < 1.29 is 13.2 Å². The smallest absolute Gasteiger partial charge is 0.243 e. The molecule has 0 aromatic heterocycles. The van der Waals surface area contributed by atoms with Gasteiger partial charge in [-0.1, -0.05) is 24.6 Å². The predicted molar refractivity (Wildman–Crippen MR) is 110 cm³/mol. The van der Waals surface area contributed by atoms with Gasteiger partial charge >= 0.3 is 0 Å². The van der Waals surface area contributed by atoms with Gasteiger partial charge in [-0.15, -0.1) is 0 Å². The number of carbonyl (C=O) groups is 1. The van der Waals surface area contributed by atoms with Gasteiger partial charge in [-0.25, -0.2) is 8.42 Å². The monoisotopic (exact) mass is 395 g/mol. The van der Waals surface area contributed by atoms with E-state index in [-0.39, 0.29) is 5.91 Å². The Morgan fingerprint density at radius 2 is 1.85 bits per heavy atom. The lowest BCUT2D eigenvalue weighted by Crippen LogP contribution is -2.48. The van der Waals surface area contributed by atoms with E-state index in [1.54, 1.807) is 19.1 Å². The summed E-state index contributed by atoms with van der Waals surface area (Å²) in [5, 5.41) is 2.89. The molecule has 1 aliphatic rings. The minimum Gasteiger partial charge on any atom is -0.354 e. The highest BCUT2D eigenvalue weighted by Crippen LogP contribution is 2.21. The third-order valence-corrected chi connectivity index (χ3v) is 6.45. The first-order valence-electron chi connectivity index (χ1n) is 9.74. The largest absolute Gasteiger partial charge is 0.354 e. The molecular formula is C20H33N3O3S. The second-order valence-corrected chi connectivity index (χ2v) is 9.60. The lowest BCUT2D eigenvalue weighted by Gasteiger charge is -2.30. The fourth-order valence-corrected chi connectivity index (χ4v) is 4.62. The fourth-order valence-electron chi connectivity index (χ4n) is 3.45. The molecule has 1 aromatic rings. The lowest BCUT2D eigenvalue weighted by molar-refractivity contribution is -0.121. The van der Waals surface area contributed by atoms with Crippen LogP contribution in [-0.2, 0) is 14.8 Å². The average molecular weight is 396 g/mol. The highest BCUT2D eigenvalue weighted by Gasteiger charge is 2.28. The van der Waals surface area contributed by atoms with Gasteiger partial charge in [-0.3, -0.25) is 9.10 Å². The number of nitrogens with one attached hydrogen (secondary N) is 1. The van der Waals surface area contributed by atoms with Gasteiger partial charge in [0.25, 0.3) is 0 Å². The number of aryl methyl sites for hydroxylation is 1. The first-order valence-corrected chi connectivity index (χ1v) is 11.6. The molecule has 1 fully saturated rings. The molecule has 1 atom stereocenters. The number of anilines is 1. The number of carbonyl (C=O) groups excluding carboxylic acids is 1. The number of sulfonamides is 1. The zero-order valence-electron chi connectivity index (χ0n) is 16.9. The van der Waals surface area contributed by atoms with Crippen molar-refractivity contribution in [1.82, 2.24) is 10.2 Å². The van der Waals surface area contributed by atoms with Gasteiger partial charge in [0, 0.05) is 6.54 Å². The summed E-state index contributed by atoms with van der Waals surface area (Å²) in [4.78, 5) is 15.0. The van der Waals surface area contributed by atoms with Crippen LogP contribution in [0.25, 0.3) is 0 Å². The molecular weight excluding hydrogens is 362 g/mol. The minimum absolute atomic E-state index is 0.270. The first-order chi connectivity index (χ1) is 12.7. The van der Waals surface area contributed by atoms with Gasteiger partial charge < -0.3 is 10.2 Å². The van der Waals surface area contributed by atoms with E-state index in [1.807, 2.05) is 19.1 Å². The molecule has 1 heterocycles. The topological polar surface area (TPSA) is 69.7 Å². The van der Waals surface area contributed by atoms with E-state index in [4.69, 9.17) is 0 Å². The summed E-state index contributed by atoms with van der Waals surface area (Å²) < 4.78 is 25.7. The highest BCUT2D eigenvalue weighted by molar-refractivity contribution is 7.92. The van der Waals surface area contributed by atoms with Crippen LogP contribution < -0.4 is 9.62 Å². The van der Waals surface area contributed by atoms with Crippen LogP contribution >= 0.6 is 0 Å². The molecule has 1 saturated heterocycles. The third kappa shape index (κ3) is 6.50. The number of amides is 1. The Hall–Kier alpha value is -1.60. The summed E-state index contributed by atoms with van der Waals surface area (Å²) in [5.41, 5.74) is 1.55.